The van der Waals surface area contributed by atoms with Gasteiger partial charge in [0.25, 0.3) is 0 Å². The summed E-state index contributed by atoms with van der Waals surface area (Å²) in [6, 6.07) is 0. The summed E-state index contributed by atoms with van der Waals surface area (Å²) in [5, 5.41) is 3.12. The Morgan fingerprint density at radius 3 is 2.76 bits per heavy atom. The second-order valence-electron chi connectivity index (χ2n) is 4.97. The lowest BCUT2D eigenvalue weighted by molar-refractivity contribution is 0.111. The fourth-order valence-electron chi connectivity index (χ4n) is 1.41. The Morgan fingerprint density at radius 1 is 1.47 bits per heavy atom. The molecular weight excluding hydrogens is 234 g/mol. The topological polar surface area (TPSA) is 47.8 Å². The van der Waals surface area contributed by atoms with Gasteiger partial charge in [-0.3, -0.25) is 4.79 Å². The van der Waals surface area contributed by atoms with E-state index >= 15 is 0 Å². The number of aldehydes is 1. The number of aromatic nitrogens is 3. The lowest BCUT2D eigenvalue weighted by atomic mass is 9.93. The van der Waals surface area contributed by atoms with Crippen LogP contribution in [-0.4, -0.2) is 20.8 Å². The average Bonchev–Trinajstić information content (AvgIpc) is 2.86. The molecule has 0 N–H and O–H groups in total. The first-order valence-corrected chi connectivity index (χ1v) is 6.29. The van der Waals surface area contributed by atoms with Gasteiger partial charge in [-0.1, -0.05) is 20.8 Å². The normalized spacial score (nSPS) is 11.7. The molecule has 17 heavy (non-hydrogen) atoms. The Morgan fingerprint density at radius 2 is 2.24 bits per heavy atom. The summed E-state index contributed by atoms with van der Waals surface area (Å²) in [6.07, 6.45) is 4.13. The third kappa shape index (κ3) is 2.79. The highest BCUT2D eigenvalue weighted by molar-refractivity contribution is 7.09. The molecule has 0 saturated carbocycles. The molecule has 0 spiro atoms. The number of imidazole rings is 1. The zero-order valence-corrected chi connectivity index (χ0v) is 11.0. The maximum absolute atomic E-state index is 10.5. The number of nitrogens with zero attached hydrogens (tertiary/aromatic N) is 3. The number of hydrogen-bond acceptors (Lipinski definition) is 4. The van der Waals surface area contributed by atoms with Crippen LogP contribution in [0.2, 0.25) is 0 Å². The molecule has 0 amide bonds. The lowest BCUT2D eigenvalue weighted by Crippen LogP contribution is -2.11. The highest BCUT2D eigenvalue weighted by Gasteiger charge is 2.17. The van der Waals surface area contributed by atoms with Crippen LogP contribution in [0.15, 0.2) is 17.9 Å². The fraction of sp³-hybridized carbons (Fsp3) is 0.417. The van der Waals surface area contributed by atoms with Crippen molar-refractivity contribution in [2.75, 3.05) is 0 Å². The summed E-state index contributed by atoms with van der Waals surface area (Å²) >= 11 is 1.64. The molecule has 0 saturated heterocycles. The van der Waals surface area contributed by atoms with E-state index in [9.17, 15) is 4.79 Å². The van der Waals surface area contributed by atoms with Gasteiger partial charge in [0, 0.05) is 17.0 Å². The van der Waals surface area contributed by atoms with Crippen LogP contribution in [-0.2, 0) is 12.0 Å². The minimum atomic E-state index is 0.0810. The second-order valence-corrected chi connectivity index (χ2v) is 5.91. The van der Waals surface area contributed by atoms with Gasteiger partial charge < -0.3 is 4.57 Å². The second kappa shape index (κ2) is 4.41. The van der Waals surface area contributed by atoms with Crippen molar-refractivity contribution in [3.05, 3.63) is 34.3 Å². The number of rotatable bonds is 3. The van der Waals surface area contributed by atoms with Gasteiger partial charge in [0.15, 0.2) is 6.29 Å². The average molecular weight is 249 g/mol. The van der Waals surface area contributed by atoms with E-state index in [2.05, 4.69) is 36.1 Å². The van der Waals surface area contributed by atoms with Gasteiger partial charge in [-0.25, -0.2) is 9.97 Å². The molecular formula is C12H15N3OS. The summed E-state index contributed by atoms with van der Waals surface area (Å²) in [4.78, 5) is 19.1. The molecule has 4 nitrogen and oxygen atoms in total. The van der Waals surface area contributed by atoms with E-state index in [-0.39, 0.29) is 5.41 Å². The monoisotopic (exact) mass is 249 g/mol. The Kier molecular flexibility index (Phi) is 3.11. The van der Waals surface area contributed by atoms with Crippen molar-refractivity contribution in [1.82, 2.24) is 14.5 Å². The molecule has 0 atom stereocenters. The number of carbonyl (C=O) groups excluding carboxylic acids is 1. The van der Waals surface area contributed by atoms with Crippen molar-refractivity contribution >= 4 is 17.6 Å². The van der Waals surface area contributed by atoms with Crippen LogP contribution in [0.5, 0.6) is 0 Å². The summed E-state index contributed by atoms with van der Waals surface area (Å²) in [5.74, 6) is 0. The lowest BCUT2D eigenvalue weighted by Gasteiger charge is -2.14. The predicted octanol–water partition coefficient (Wildman–Crippen LogP) is 2.50. The first-order valence-electron chi connectivity index (χ1n) is 5.41. The van der Waals surface area contributed by atoms with Crippen molar-refractivity contribution in [1.29, 1.82) is 0 Å². The van der Waals surface area contributed by atoms with Gasteiger partial charge in [0.05, 0.1) is 18.6 Å². The molecule has 0 aliphatic rings. The van der Waals surface area contributed by atoms with E-state index in [4.69, 9.17) is 0 Å². The molecule has 0 unspecified atom stereocenters. The zero-order valence-electron chi connectivity index (χ0n) is 10.2. The summed E-state index contributed by atoms with van der Waals surface area (Å²) in [5.41, 5.74) is 1.64. The highest BCUT2D eigenvalue weighted by atomic mass is 32.1. The van der Waals surface area contributed by atoms with Crippen LogP contribution in [0.4, 0.5) is 0 Å². The molecule has 90 valence electrons. The molecule has 2 aromatic rings. The molecule has 0 fully saturated rings. The minimum Gasteiger partial charge on any atom is -0.330 e. The number of carbonyl (C=O) groups is 1. The summed E-state index contributed by atoms with van der Waals surface area (Å²) in [6.45, 7) is 7.11. The molecule has 2 aromatic heterocycles. The Bertz CT molecular complexity index is 522. The molecule has 0 bridgehead atoms. The van der Waals surface area contributed by atoms with Crippen molar-refractivity contribution in [3.8, 4) is 0 Å². The van der Waals surface area contributed by atoms with E-state index in [1.165, 1.54) is 0 Å². The Labute approximate surface area is 104 Å². The van der Waals surface area contributed by atoms with Gasteiger partial charge in [-0.15, -0.1) is 11.3 Å². The fourth-order valence-corrected chi connectivity index (χ4v) is 2.44. The molecule has 0 aliphatic heterocycles. The minimum absolute atomic E-state index is 0.0810. The van der Waals surface area contributed by atoms with Gasteiger partial charge >= 0.3 is 0 Å². The molecule has 0 radical (unpaired) electrons. The molecule has 0 aromatic carbocycles. The van der Waals surface area contributed by atoms with E-state index in [0.717, 1.165) is 17.0 Å². The van der Waals surface area contributed by atoms with Crippen LogP contribution in [0.1, 0.15) is 42.0 Å². The first kappa shape index (κ1) is 12.0. The van der Waals surface area contributed by atoms with Crippen LogP contribution in [0.25, 0.3) is 0 Å². The smallest absolute Gasteiger partial charge is 0.169 e. The van der Waals surface area contributed by atoms with Gasteiger partial charge in [-0.05, 0) is 0 Å². The first-order chi connectivity index (χ1) is 7.99. The van der Waals surface area contributed by atoms with Crippen molar-refractivity contribution in [3.63, 3.8) is 0 Å². The Hall–Kier alpha value is -1.49. The molecule has 2 rings (SSSR count). The number of hydrogen-bond donors (Lipinski definition) is 0. The van der Waals surface area contributed by atoms with E-state index in [1.54, 1.807) is 23.9 Å². The van der Waals surface area contributed by atoms with Gasteiger partial charge in [-0.2, -0.15) is 0 Å². The van der Waals surface area contributed by atoms with E-state index in [1.807, 2.05) is 4.57 Å². The number of thiazole rings is 1. The highest BCUT2D eigenvalue weighted by Crippen LogP contribution is 2.24. The van der Waals surface area contributed by atoms with Crippen LogP contribution >= 0.6 is 11.3 Å². The van der Waals surface area contributed by atoms with Gasteiger partial charge in [0.2, 0.25) is 0 Å². The Balaban J connectivity index is 2.14. The van der Waals surface area contributed by atoms with E-state index < -0.39 is 0 Å². The standard InChI is InChI=1S/C12H15N3OS/c1-12(2,3)10-7-17-11(14-10)5-15-4-9(6-16)13-8-15/h4,6-8H,5H2,1-3H3. The van der Waals surface area contributed by atoms with E-state index in [0.29, 0.717) is 12.2 Å². The predicted molar refractivity (Wildman–Crippen MR) is 67.5 cm³/mol. The van der Waals surface area contributed by atoms with Gasteiger partial charge in [0.1, 0.15) is 10.7 Å². The zero-order chi connectivity index (χ0) is 12.5. The van der Waals surface area contributed by atoms with Crippen LogP contribution < -0.4 is 0 Å². The van der Waals surface area contributed by atoms with Crippen molar-refractivity contribution < 1.29 is 4.79 Å². The molecule has 2 heterocycles. The van der Waals surface area contributed by atoms with Crippen LogP contribution in [0.3, 0.4) is 0 Å². The molecule has 5 heteroatoms. The van der Waals surface area contributed by atoms with Crippen LogP contribution in [0, 0.1) is 0 Å². The summed E-state index contributed by atoms with van der Waals surface area (Å²) in [7, 11) is 0. The van der Waals surface area contributed by atoms with Crippen molar-refractivity contribution in [2.24, 2.45) is 0 Å². The summed E-state index contributed by atoms with van der Waals surface area (Å²) < 4.78 is 1.87. The molecule has 0 aliphatic carbocycles. The SMILES string of the molecule is CC(C)(C)c1csc(Cn2cnc(C=O)c2)n1. The largest absolute Gasteiger partial charge is 0.330 e. The maximum atomic E-state index is 10.5. The third-order valence-electron chi connectivity index (χ3n) is 2.41. The quantitative estimate of drug-likeness (QED) is 0.785. The van der Waals surface area contributed by atoms with Crippen molar-refractivity contribution in [2.45, 2.75) is 32.7 Å². The maximum Gasteiger partial charge on any atom is 0.169 e. The third-order valence-corrected chi connectivity index (χ3v) is 3.25.